The molecule has 3 N–H and O–H groups in total. The fourth-order valence-corrected chi connectivity index (χ4v) is 3.12. The standard InChI is InChI=1S/C17H32N4O6.Gd/c1-14(2)21-9-7-19(12-16(24)25)5-3-18(11-15(22)23)4-6-20(8-10-21)13-17(26)27;/h14H,3-13H2,1-2H3,(H,22,23)(H,24,25)(H,26,27);. The number of carbonyl (C=O) groups is 3. The molecule has 1 heterocycles. The SMILES string of the molecule is CC(C)N1CCN(CC(=O)O)CCN(CC(=O)O)CCN(CC(=O)O)CC1.[Gd]. The number of carboxylic acid groups (broad SMARTS) is 3. The van der Waals surface area contributed by atoms with Crippen LogP contribution in [0.5, 0.6) is 0 Å². The van der Waals surface area contributed by atoms with E-state index in [4.69, 9.17) is 15.3 Å². The van der Waals surface area contributed by atoms with Crippen molar-refractivity contribution in [1.29, 1.82) is 0 Å². The molecule has 0 amide bonds. The molecular weight excluding hydrogens is 513 g/mol. The molecule has 0 aromatic rings. The Labute approximate surface area is 198 Å². The van der Waals surface area contributed by atoms with Gasteiger partial charge in [0.25, 0.3) is 0 Å². The fourth-order valence-electron chi connectivity index (χ4n) is 3.12. The molecular formula is C17H32GdN4O6. The van der Waals surface area contributed by atoms with Crippen molar-refractivity contribution in [1.82, 2.24) is 19.6 Å². The van der Waals surface area contributed by atoms with Crippen LogP contribution in [0.15, 0.2) is 0 Å². The van der Waals surface area contributed by atoms with Crippen LogP contribution in [0.2, 0.25) is 0 Å². The normalized spacial score (nSPS) is 19.4. The molecule has 0 radical (unpaired) electrons. The molecule has 0 atom stereocenters. The van der Waals surface area contributed by atoms with Gasteiger partial charge < -0.3 is 15.3 Å². The molecule has 0 unspecified atom stereocenters. The second kappa shape index (κ2) is 14.5. The molecule has 0 spiro atoms. The minimum Gasteiger partial charge on any atom is -0.480 e. The predicted octanol–water partition coefficient (Wildman–Crippen LogP) is -1.13. The molecule has 0 bridgehead atoms. The maximum Gasteiger partial charge on any atom is 0.317 e. The summed E-state index contributed by atoms with van der Waals surface area (Å²) < 4.78 is 0. The summed E-state index contributed by atoms with van der Waals surface area (Å²) in [6.45, 7) is 7.99. The molecule has 11 heteroatoms. The monoisotopic (exact) mass is 546 g/mol. The average molecular weight is 546 g/mol. The van der Waals surface area contributed by atoms with Crippen LogP contribution in [0, 0.1) is 39.9 Å². The summed E-state index contributed by atoms with van der Waals surface area (Å²) in [5.41, 5.74) is 0. The summed E-state index contributed by atoms with van der Waals surface area (Å²) in [4.78, 5) is 41.0. The summed E-state index contributed by atoms with van der Waals surface area (Å²) >= 11 is 0. The second-order valence-corrected chi connectivity index (χ2v) is 7.14. The minimum atomic E-state index is -0.956. The van der Waals surface area contributed by atoms with E-state index in [0.717, 1.165) is 0 Å². The van der Waals surface area contributed by atoms with E-state index in [2.05, 4.69) is 18.7 Å². The van der Waals surface area contributed by atoms with Crippen molar-refractivity contribution in [3.8, 4) is 0 Å². The van der Waals surface area contributed by atoms with Crippen LogP contribution in [-0.2, 0) is 14.4 Å². The number of hydrogen-bond acceptors (Lipinski definition) is 7. The maximum absolute atomic E-state index is 11.1. The van der Waals surface area contributed by atoms with Crippen LogP contribution in [0.3, 0.4) is 0 Å². The maximum atomic E-state index is 11.1. The third-order valence-electron chi connectivity index (χ3n) is 4.68. The zero-order valence-electron chi connectivity index (χ0n) is 16.6. The fraction of sp³-hybridized carbons (Fsp3) is 0.824. The van der Waals surface area contributed by atoms with E-state index in [-0.39, 0.29) is 65.6 Å². The van der Waals surface area contributed by atoms with E-state index in [0.29, 0.717) is 52.4 Å². The zero-order valence-corrected chi connectivity index (χ0v) is 18.8. The Morgan fingerprint density at radius 1 is 0.643 bits per heavy atom. The van der Waals surface area contributed by atoms with E-state index in [1.54, 1.807) is 4.90 Å². The summed E-state index contributed by atoms with van der Waals surface area (Å²) in [5, 5.41) is 27.4. The third kappa shape index (κ3) is 12.2. The predicted molar refractivity (Wildman–Crippen MR) is 98.9 cm³/mol. The minimum absolute atomic E-state index is 0. The van der Waals surface area contributed by atoms with Crippen LogP contribution >= 0.6 is 0 Å². The molecule has 1 saturated heterocycles. The van der Waals surface area contributed by atoms with E-state index < -0.39 is 17.9 Å². The first-order valence-corrected chi connectivity index (χ1v) is 9.24. The molecule has 0 aromatic heterocycles. The molecule has 0 saturated carbocycles. The third-order valence-corrected chi connectivity index (χ3v) is 4.68. The summed E-state index contributed by atoms with van der Waals surface area (Å²) in [7, 11) is 0. The van der Waals surface area contributed by atoms with Crippen molar-refractivity contribution in [2.75, 3.05) is 72.0 Å². The van der Waals surface area contributed by atoms with Gasteiger partial charge in [-0.05, 0) is 13.8 Å². The summed E-state index contributed by atoms with van der Waals surface area (Å²) in [6, 6.07) is 0.259. The summed E-state index contributed by atoms with van der Waals surface area (Å²) in [6.07, 6.45) is 0. The van der Waals surface area contributed by atoms with Gasteiger partial charge in [0.05, 0.1) is 19.6 Å². The topological polar surface area (TPSA) is 125 Å². The summed E-state index contributed by atoms with van der Waals surface area (Å²) in [5.74, 6) is -2.77. The Kier molecular flexibility index (Phi) is 14.3. The van der Waals surface area contributed by atoms with Crippen molar-refractivity contribution in [3.63, 3.8) is 0 Å². The van der Waals surface area contributed by atoms with Crippen LogP contribution in [0.25, 0.3) is 0 Å². The van der Waals surface area contributed by atoms with Crippen molar-refractivity contribution in [2.45, 2.75) is 19.9 Å². The number of carboxylic acids is 3. The Bertz CT molecular complexity index is 476. The van der Waals surface area contributed by atoms with E-state index in [1.165, 1.54) is 0 Å². The van der Waals surface area contributed by atoms with Gasteiger partial charge in [0, 0.05) is 98.3 Å². The molecule has 1 aliphatic heterocycles. The molecule has 1 fully saturated rings. The first-order chi connectivity index (χ1) is 12.7. The Morgan fingerprint density at radius 3 is 1.11 bits per heavy atom. The van der Waals surface area contributed by atoms with Crippen molar-refractivity contribution in [3.05, 3.63) is 0 Å². The van der Waals surface area contributed by atoms with Crippen LogP contribution in [0.4, 0.5) is 0 Å². The first kappa shape index (κ1) is 27.6. The van der Waals surface area contributed by atoms with Crippen molar-refractivity contribution in [2.24, 2.45) is 0 Å². The van der Waals surface area contributed by atoms with Crippen LogP contribution < -0.4 is 0 Å². The Hall–Kier alpha value is -0.425. The van der Waals surface area contributed by atoms with Gasteiger partial charge in [0.15, 0.2) is 0 Å². The van der Waals surface area contributed by atoms with E-state index >= 15 is 0 Å². The van der Waals surface area contributed by atoms with Crippen LogP contribution in [0.1, 0.15) is 13.8 Å². The van der Waals surface area contributed by atoms with Gasteiger partial charge in [-0.25, -0.2) is 0 Å². The first-order valence-electron chi connectivity index (χ1n) is 9.24. The number of rotatable bonds is 7. The quantitative estimate of drug-likeness (QED) is 0.362. The van der Waals surface area contributed by atoms with E-state index in [1.807, 2.05) is 9.80 Å². The number of aliphatic carboxylic acids is 3. The molecule has 164 valence electrons. The van der Waals surface area contributed by atoms with Gasteiger partial charge in [-0.15, -0.1) is 0 Å². The van der Waals surface area contributed by atoms with Gasteiger partial charge in [0.1, 0.15) is 0 Å². The zero-order chi connectivity index (χ0) is 20.4. The molecule has 10 nitrogen and oxygen atoms in total. The van der Waals surface area contributed by atoms with Gasteiger partial charge in [-0.1, -0.05) is 0 Å². The van der Waals surface area contributed by atoms with Gasteiger partial charge in [-0.2, -0.15) is 0 Å². The van der Waals surface area contributed by atoms with Crippen LogP contribution in [-0.4, -0.2) is 131 Å². The average Bonchev–Trinajstić information content (AvgIpc) is 2.53. The largest absolute Gasteiger partial charge is 0.480 e. The van der Waals surface area contributed by atoms with Gasteiger partial charge in [-0.3, -0.25) is 34.0 Å². The second-order valence-electron chi connectivity index (χ2n) is 7.14. The van der Waals surface area contributed by atoms with Crippen molar-refractivity contribution >= 4 is 17.9 Å². The molecule has 1 rings (SSSR count). The molecule has 28 heavy (non-hydrogen) atoms. The van der Waals surface area contributed by atoms with Gasteiger partial charge >= 0.3 is 17.9 Å². The molecule has 0 aliphatic carbocycles. The molecule has 1 aliphatic rings. The Morgan fingerprint density at radius 2 is 0.893 bits per heavy atom. The Balaban J connectivity index is 0.00000729. The van der Waals surface area contributed by atoms with E-state index in [9.17, 15) is 14.4 Å². The number of hydrogen-bond donors (Lipinski definition) is 3. The number of nitrogens with zero attached hydrogens (tertiary/aromatic N) is 4. The molecule has 0 aromatic carbocycles. The van der Waals surface area contributed by atoms with Gasteiger partial charge in [0.2, 0.25) is 0 Å². The van der Waals surface area contributed by atoms with Crippen molar-refractivity contribution < 1.29 is 69.6 Å². The smallest absolute Gasteiger partial charge is 0.317 e.